The Hall–Kier alpha value is -1.85. The van der Waals surface area contributed by atoms with Crippen molar-refractivity contribution in [3.05, 3.63) is 6.20 Å². The zero-order valence-electron chi connectivity index (χ0n) is 10.5. The minimum Gasteiger partial charge on any atom is -0.369 e. The normalized spacial score (nSPS) is 16.3. The van der Waals surface area contributed by atoms with E-state index in [0.717, 1.165) is 29.3 Å². The summed E-state index contributed by atoms with van der Waals surface area (Å²) in [7, 11) is 1.82. The molecule has 6 heteroatoms. The van der Waals surface area contributed by atoms with E-state index in [1.165, 1.54) is 25.7 Å². The van der Waals surface area contributed by atoms with E-state index in [1.807, 2.05) is 7.05 Å². The first-order chi connectivity index (χ1) is 8.86. The van der Waals surface area contributed by atoms with Crippen LogP contribution in [0.1, 0.15) is 25.7 Å². The van der Waals surface area contributed by atoms with Crippen LogP contribution in [0.4, 0.5) is 11.8 Å². The molecule has 96 valence electrons. The number of hydrogen-bond acceptors (Lipinski definition) is 5. The zero-order valence-corrected chi connectivity index (χ0v) is 10.5. The second-order valence-electron chi connectivity index (χ2n) is 4.81. The van der Waals surface area contributed by atoms with Crippen molar-refractivity contribution in [3.8, 4) is 0 Å². The second-order valence-corrected chi connectivity index (χ2v) is 4.81. The third-order valence-electron chi connectivity index (χ3n) is 3.57. The molecule has 2 aromatic rings. The van der Waals surface area contributed by atoms with Crippen molar-refractivity contribution in [1.82, 2.24) is 20.2 Å². The summed E-state index contributed by atoms with van der Waals surface area (Å²) >= 11 is 0. The molecule has 0 aliphatic heterocycles. The first-order valence-electron chi connectivity index (χ1n) is 6.49. The molecule has 1 fully saturated rings. The van der Waals surface area contributed by atoms with Gasteiger partial charge < -0.3 is 10.6 Å². The Bertz CT molecular complexity index is 528. The van der Waals surface area contributed by atoms with E-state index in [-0.39, 0.29) is 0 Å². The van der Waals surface area contributed by atoms with Crippen molar-refractivity contribution in [3.63, 3.8) is 0 Å². The topological polar surface area (TPSA) is 78.5 Å². The fraction of sp³-hybridized carbons (Fsp3) is 0.583. The summed E-state index contributed by atoms with van der Waals surface area (Å²) in [5.74, 6) is 2.26. The predicted molar refractivity (Wildman–Crippen MR) is 71.7 cm³/mol. The summed E-state index contributed by atoms with van der Waals surface area (Å²) in [4.78, 5) is 8.77. The molecule has 3 N–H and O–H groups in total. The van der Waals surface area contributed by atoms with Gasteiger partial charge in [-0.3, -0.25) is 5.10 Å². The van der Waals surface area contributed by atoms with E-state index < -0.39 is 0 Å². The third-order valence-corrected chi connectivity index (χ3v) is 3.57. The van der Waals surface area contributed by atoms with Gasteiger partial charge in [-0.2, -0.15) is 15.1 Å². The molecule has 1 aliphatic carbocycles. The quantitative estimate of drug-likeness (QED) is 0.769. The standard InChI is InChI=1S/C12H18N6/c1-13-12-16-10(9-7-15-18-11(9)17-12)14-6-8-4-2-3-5-8/h7-8H,2-6H2,1H3,(H3,13,14,15,16,17,18). The number of hydrogen-bond donors (Lipinski definition) is 3. The van der Waals surface area contributed by atoms with E-state index in [0.29, 0.717) is 5.95 Å². The maximum absolute atomic E-state index is 4.46. The molecule has 2 heterocycles. The average molecular weight is 246 g/mol. The highest BCUT2D eigenvalue weighted by molar-refractivity contribution is 5.86. The Labute approximate surface area is 106 Å². The van der Waals surface area contributed by atoms with Gasteiger partial charge >= 0.3 is 0 Å². The first-order valence-corrected chi connectivity index (χ1v) is 6.49. The van der Waals surface area contributed by atoms with Crippen molar-refractivity contribution >= 4 is 22.8 Å². The van der Waals surface area contributed by atoms with Gasteiger partial charge in [0.2, 0.25) is 5.95 Å². The number of anilines is 2. The van der Waals surface area contributed by atoms with E-state index in [4.69, 9.17) is 0 Å². The Kier molecular flexibility index (Phi) is 3.00. The van der Waals surface area contributed by atoms with E-state index in [2.05, 4.69) is 30.8 Å². The van der Waals surface area contributed by atoms with Gasteiger partial charge in [-0.15, -0.1) is 0 Å². The molecule has 1 aliphatic rings. The maximum atomic E-state index is 4.46. The summed E-state index contributed by atoms with van der Waals surface area (Å²) in [5, 5.41) is 14.3. The number of nitrogens with one attached hydrogen (secondary N) is 3. The largest absolute Gasteiger partial charge is 0.369 e. The minimum atomic E-state index is 0.612. The smallest absolute Gasteiger partial charge is 0.226 e. The molecule has 2 aromatic heterocycles. The van der Waals surface area contributed by atoms with Crippen LogP contribution in [0.15, 0.2) is 6.20 Å². The monoisotopic (exact) mass is 246 g/mol. The van der Waals surface area contributed by atoms with Gasteiger partial charge in [-0.05, 0) is 18.8 Å². The molecule has 3 rings (SSSR count). The van der Waals surface area contributed by atoms with Crippen LogP contribution in [0.2, 0.25) is 0 Å². The highest BCUT2D eigenvalue weighted by Gasteiger charge is 2.16. The van der Waals surface area contributed by atoms with Crippen LogP contribution in [0.3, 0.4) is 0 Å². The summed E-state index contributed by atoms with van der Waals surface area (Å²) in [6, 6.07) is 0. The number of aromatic nitrogens is 4. The van der Waals surface area contributed by atoms with Crippen molar-refractivity contribution in [2.75, 3.05) is 24.2 Å². The van der Waals surface area contributed by atoms with E-state index in [1.54, 1.807) is 6.20 Å². The van der Waals surface area contributed by atoms with E-state index >= 15 is 0 Å². The fourth-order valence-electron chi connectivity index (χ4n) is 2.54. The van der Waals surface area contributed by atoms with Crippen LogP contribution in [-0.4, -0.2) is 33.8 Å². The average Bonchev–Trinajstić information content (AvgIpc) is 3.06. The molecule has 0 bridgehead atoms. The molecule has 0 radical (unpaired) electrons. The molecule has 6 nitrogen and oxygen atoms in total. The van der Waals surface area contributed by atoms with Crippen molar-refractivity contribution in [1.29, 1.82) is 0 Å². The van der Waals surface area contributed by atoms with Crippen LogP contribution >= 0.6 is 0 Å². The Balaban J connectivity index is 1.82. The number of nitrogens with zero attached hydrogens (tertiary/aromatic N) is 3. The Morgan fingerprint density at radius 3 is 2.94 bits per heavy atom. The molecule has 0 spiro atoms. The summed E-state index contributed by atoms with van der Waals surface area (Å²) < 4.78 is 0. The van der Waals surface area contributed by atoms with Crippen molar-refractivity contribution in [2.24, 2.45) is 5.92 Å². The maximum Gasteiger partial charge on any atom is 0.226 e. The highest BCUT2D eigenvalue weighted by atomic mass is 15.2. The Morgan fingerprint density at radius 1 is 1.33 bits per heavy atom. The molecular formula is C12H18N6. The second kappa shape index (κ2) is 4.80. The number of H-pyrrole nitrogens is 1. The van der Waals surface area contributed by atoms with Gasteiger partial charge in [-0.25, -0.2) is 0 Å². The van der Waals surface area contributed by atoms with Gasteiger partial charge in [0.25, 0.3) is 0 Å². The molecule has 0 aromatic carbocycles. The van der Waals surface area contributed by atoms with Gasteiger partial charge in [0.1, 0.15) is 5.82 Å². The van der Waals surface area contributed by atoms with Crippen molar-refractivity contribution in [2.45, 2.75) is 25.7 Å². The van der Waals surface area contributed by atoms with Crippen LogP contribution < -0.4 is 10.6 Å². The Morgan fingerprint density at radius 2 is 2.17 bits per heavy atom. The van der Waals surface area contributed by atoms with Gasteiger partial charge in [-0.1, -0.05) is 12.8 Å². The molecule has 0 amide bonds. The van der Waals surface area contributed by atoms with Gasteiger partial charge in [0.05, 0.1) is 11.6 Å². The molecule has 18 heavy (non-hydrogen) atoms. The summed E-state index contributed by atoms with van der Waals surface area (Å²) in [6.45, 7) is 0.987. The number of aromatic amines is 1. The van der Waals surface area contributed by atoms with Gasteiger partial charge in [0.15, 0.2) is 5.65 Å². The number of fused-ring (bicyclic) bond motifs is 1. The van der Waals surface area contributed by atoms with Crippen molar-refractivity contribution < 1.29 is 0 Å². The summed E-state index contributed by atoms with van der Waals surface area (Å²) in [5.41, 5.74) is 0.767. The molecule has 0 unspecified atom stereocenters. The lowest BCUT2D eigenvalue weighted by molar-refractivity contribution is 0.579. The molecular weight excluding hydrogens is 228 g/mol. The van der Waals surface area contributed by atoms with Crippen LogP contribution in [-0.2, 0) is 0 Å². The molecule has 0 saturated heterocycles. The fourth-order valence-corrected chi connectivity index (χ4v) is 2.54. The predicted octanol–water partition coefficient (Wildman–Crippen LogP) is 2.00. The lowest BCUT2D eigenvalue weighted by atomic mass is 10.1. The summed E-state index contributed by atoms with van der Waals surface area (Å²) in [6.07, 6.45) is 7.14. The molecule has 1 saturated carbocycles. The van der Waals surface area contributed by atoms with Gasteiger partial charge in [0, 0.05) is 13.6 Å². The minimum absolute atomic E-state index is 0.612. The third kappa shape index (κ3) is 2.10. The van der Waals surface area contributed by atoms with Crippen LogP contribution in [0, 0.1) is 5.92 Å². The van der Waals surface area contributed by atoms with Crippen LogP contribution in [0.5, 0.6) is 0 Å². The van der Waals surface area contributed by atoms with Crippen LogP contribution in [0.25, 0.3) is 11.0 Å². The SMILES string of the molecule is CNc1nc(NCC2CCCC2)c2cn[nH]c2n1. The lowest BCUT2D eigenvalue weighted by Gasteiger charge is -2.12. The highest BCUT2D eigenvalue weighted by Crippen LogP contribution is 2.26. The molecule has 0 atom stereocenters. The first kappa shape index (κ1) is 11.3. The van der Waals surface area contributed by atoms with E-state index in [9.17, 15) is 0 Å². The lowest BCUT2D eigenvalue weighted by Crippen LogP contribution is -2.13. The zero-order chi connectivity index (χ0) is 12.4. The number of rotatable bonds is 4.